The molecule has 26 heavy (non-hydrogen) atoms. The second-order valence-corrected chi connectivity index (χ2v) is 7.13. The van der Waals surface area contributed by atoms with Gasteiger partial charge in [-0.25, -0.2) is 0 Å². The molecule has 0 bridgehead atoms. The van der Waals surface area contributed by atoms with E-state index >= 15 is 0 Å². The first-order valence-electron chi connectivity index (χ1n) is 8.06. The number of nitrogens with one attached hydrogen (secondary N) is 3. The third-order valence-corrected chi connectivity index (χ3v) is 4.44. The Morgan fingerprint density at radius 2 is 1.12 bits per heavy atom. The molecule has 6 nitrogen and oxygen atoms in total. The summed E-state index contributed by atoms with van der Waals surface area (Å²) in [4.78, 5) is 35.3. The van der Waals surface area contributed by atoms with Crippen LogP contribution in [0, 0.1) is 0 Å². The highest BCUT2D eigenvalue weighted by molar-refractivity contribution is 8.00. The highest BCUT2D eigenvalue weighted by Gasteiger charge is 2.14. The number of anilines is 3. The predicted molar refractivity (Wildman–Crippen MR) is 105 cm³/mol. The van der Waals surface area contributed by atoms with E-state index in [-0.39, 0.29) is 23.0 Å². The van der Waals surface area contributed by atoms with Gasteiger partial charge in [0.05, 0.1) is 5.25 Å². The first-order chi connectivity index (χ1) is 12.3. The third kappa shape index (κ3) is 6.25. The van der Waals surface area contributed by atoms with Gasteiger partial charge in [-0.15, -0.1) is 11.8 Å². The fourth-order valence-electron chi connectivity index (χ4n) is 2.16. The van der Waals surface area contributed by atoms with Gasteiger partial charge in [-0.1, -0.05) is 0 Å². The summed E-state index contributed by atoms with van der Waals surface area (Å²) < 4.78 is 0. The summed E-state index contributed by atoms with van der Waals surface area (Å²) in [5.41, 5.74) is 2.06. The van der Waals surface area contributed by atoms with Gasteiger partial charge in [0.25, 0.3) is 0 Å². The van der Waals surface area contributed by atoms with E-state index in [1.54, 1.807) is 36.4 Å². The van der Waals surface area contributed by atoms with Crippen LogP contribution >= 0.6 is 11.8 Å². The fraction of sp³-hybridized carbons (Fsp3) is 0.211. The number of carbonyl (C=O) groups is 3. The van der Waals surface area contributed by atoms with E-state index in [4.69, 9.17) is 0 Å². The Bertz CT molecular complexity index is 789. The van der Waals surface area contributed by atoms with Crippen LogP contribution in [0.25, 0.3) is 0 Å². The van der Waals surface area contributed by atoms with Crippen molar-refractivity contribution in [3.8, 4) is 0 Å². The van der Waals surface area contributed by atoms with Crippen LogP contribution in [0.2, 0.25) is 0 Å². The second kappa shape index (κ2) is 9.05. The quantitative estimate of drug-likeness (QED) is 0.675. The molecular weight excluding hydrogens is 350 g/mol. The molecule has 0 aliphatic heterocycles. The van der Waals surface area contributed by atoms with Gasteiger partial charge in [0, 0.05) is 35.8 Å². The molecule has 0 fully saturated rings. The number of thioether (sulfide) groups is 1. The summed E-state index contributed by atoms with van der Waals surface area (Å²) in [6, 6.07) is 14.3. The van der Waals surface area contributed by atoms with Crippen molar-refractivity contribution < 1.29 is 14.4 Å². The molecule has 2 aromatic rings. The molecule has 0 aliphatic rings. The number of rotatable bonds is 6. The van der Waals surface area contributed by atoms with Gasteiger partial charge in [-0.2, -0.15) is 0 Å². The average molecular weight is 371 g/mol. The van der Waals surface area contributed by atoms with Crippen molar-refractivity contribution >= 4 is 46.5 Å². The molecule has 0 aromatic heterocycles. The molecule has 2 rings (SSSR count). The van der Waals surface area contributed by atoms with Gasteiger partial charge in [-0.05, 0) is 55.5 Å². The van der Waals surface area contributed by atoms with Crippen molar-refractivity contribution in [3.05, 3.63) is 48.5 Å². The van der Waals surface area contributed by atoms with E-state index in [0.717, 1.165) is 10.6 Å². The van der Waals surface area contributed by atoms with Crippen molar-refractivity contribution in [1.29, 1.82) is 0 Å². The lowest BCUT2D eigenvalue weighted by molar-refractivity contribution is -0.116. The third-order valence-electron chi connectivity index (χ3n) is 3.33. The van der Waals surface area contributed by atoms with Crippen LogP contribution in [0.4, 0.5) is 17.1 Å². The molecule has 0 aliphatic carbocycles. The first kappa shape index (κ1) is 19.5. The molecule has 3 N–H and O–H groups in total. The molecule has 0 saturated heterocycles. The van der Waals surface area contributed by atoms with Crippen molar-refractivity contribution in [2.45, 2.75) is 30.9 Å². The Balaban J connectivity index is 1.90. The van der Waals surface area contributed by atoms with E-state index < -0.39 is 0 Å². The largest absolute Gasteiger partial charge is 0.326 e. The second-order valence-electron chi connectivity index (χ2n) is 5.71. The van der Waals surface area contributed by atoms with E-state index in [2.05, 4.69) is 16.0 Å². The fourth-order valence-corrected chi connectivity index (χ4v) is 3.03. The Morgan fingerprint density at radius 3 is 1.54 bits per heavy atom. The van der Waals surface area contributed by atoms with Crippen LogP contribution in [0.15, 0.2) is 53.4 Å². The minimum atomic E-state index is -0.295. The van der Waals surface area contributed by atoms with E-state index in [1.807, 2.05) is 19.1 Å². The maximum atomic E-state index is 12.3. The summed E-state index contributed by atoms with van der Waals surface area (Å²) in [6.45, 7) is 4.72. The van der Waals surface area contributed by atoms with Crippen LogP contribution in [0.1, 0.15) is 20.8 Å². The zero-order valence-electron chi connectivity index (χ0n) is 14.8. The number of carbonyl (C=O) groups excluding carboxylic acids is 3. The Labute approximate surface area is 156 Å². The average Bonchev–Trinajstić information content (AvgIpc) is 2.57. The van der Waals surface area contributed by atoms with Crippen LogP contribution in [0.5, 0.6) is 0 Å². The molecule has 0 saturated carbocycles. The summed E-state index contributed by atoms with van der Waals surface area (Å²) in [5, 5.41) is 7.93. The van der Waals surface area contributed by atoms with E-state index in [1.165, 1.54) is 25.6 Å². The molecule has 7 heteroatoms. The molecule has 3 amide bonds. The Kier molecular flexibility index (Phi) is 6.80. The summed E-state index contributed by atoms with van der Waals surface area (Å²) >= 11 is 1.43. The van der Waals surface area contributed by atoms with Crippen molar-refractivity contribution in [3.63, 3.8) is 0 Å². The lowest BCUT2D eigenvalue weighted by Gasteiger charge is -2.13. The summed E-state index contributed by atoms with van der Waals surface area (Å²) in [6.07, 6.45) is 0. The highest BCUT2D eigenvalue weighted by Crippen LogP contribution is 2.26. The summed E-state index contributed by atoms with van der Waals surface area (Å²) in [5.74, 6) is -0.382. The van der Waals surface area contributed by atoms with Crippen LogP contribution in [-0.2, 0) is 14.4 Å². The monoisotopic (exact) mass is 371 g/mol. The Morgan fingerprint density at radius 1 is 0.731 bits per heavy atom. The smallest absolute Gasteiger partial charge is 0.237 e. The number of benzene rings is 2. The summed E-state index contributed by atoms with van der Waals surface area (Å²) in [7, 11) is 0. The van der Waals surface area contributed by atoms with Gasteiger partial charge in [0.15, 0.2) is 0 Å². The topological polar surface area (TPSA) is 87.3 Å². The maximum absolute atomic E-state index is 12.3. The SMILES string of the molecule is CC(=O)Nc1ccc(NC(=O)C(C)Sc2ccc(NC(C)=O)cc2)cc1. The molecule has 0 heterocycles. The van der Waals surface area contributed by atoms with Crippen molar-refractivity contribution in [2.75, 3.05) is 16.0 Å². The van der Waals surface area contributed by atoms with Gasteiger partial charge in [0.1, 0.15) is 0 Å². The van der Waals surface area contributed by atoms with Gasteiger partial charge in [-0.3, -0.25) is 14.4 Å². The van der Waals surface area contributed by atoms with Gasteiger partial charge >= 0.3 is 0 Å². The molecule has 2 aromatic carbocycles. The lowest BCUT2D eigenvalue weighted by Crippen LogP contribution is -2.22. The molecular formula is C19H21N3O3S. The minimum absolute atomic E-state index is 0.117. The van der Waals surface area contributed by atoms with Crippen molar-refractivity contribution in [2.24, 2.45) is 0 Å². The zero-order valence-corrected chi connectivity index (χ0v) is 15.6. The van der Waals surface area contributed by atoms with Gasteiger partial charge < -0.3 is 16.0 Å². The zero-order chi connectivity index (χ0) is 19.1. The molecule has 136 valence electrons. The first-order valence-corrected chi connectivity index (χ1v) is 8.94. The lowest BCUT2D eigenvalue weighted by atomic mass is 10.2. The number of amides is 3. The van der Waals surface area contributed by atoms with E-state index in [9.17, 15) is 14.4 Å². The van der Waals surface area contributed by atoms with Crippen molar-refractivity contribution in [1.82, 2.24) is 0 Å². The standard InChI is InChI=1S/C19H21N3O3S/c1-12(26-18-10-8-16(9-11-18)21-14(3)24)19(25)22-17-6-4-15(5-7-17)20-13(2)23/h4-12H,1-3H3,(H,20,23)(H,21,24)(H,22,25). The number of hydrogen-bond acceptors (Lipinski definition) is 4. The van der Waals surface area contributed by atoms with Crippen LogP contribution < -0.4 is 16.0 Å². The predicted octanol–water partition coefficient (Wildman–Crippen LogP) is 3.72. The molecule has 1 unspecified atom stereocenters. The highest BCUT2D eigenvalue weighted by atomic mass is 32.2. The maximum Gasteiger partial charge on any atom is 0.237 e. The molecule has 1 atom stereocenters. The van der Waals surface area contributed by atoms with E-state index in [0.29, 0.717) is 11.4 Å². The normalized spacial score (nSPS) is 11.3. The molecule has 0 radical (unpaired) electrons. The minimum Gasteiger partial charge on any atom is -0.326 e. The van der Waals surface area contributed by atoms with Crippen LogP contribution in [-0.4, -0.2) is 23.0 Å². The molecule has 0 spiro atoms. The van der Waals surface area contributed by atoms with Gasteiger partial charge in [0.2, 0.25) is 17.7 Å². The van der Waals surface area contributed by atoms with Crippen LogP contribution in [0.3, 0.4) is 0 Å². The number of hydrogen-bond donors (Lipinski definition) is 3. The Hall–Kier alpha value is -2.80.